The van der Waals surface area contributed by atoms with E-state index < -0.39 is 0 Å². The Kier molecular flexibility index (Phi) is 4.81. The van der Waals surface area contributed by atoms with Gasteiger partial charge in [0.1, 0.15) is 0 Å². The Morgan fingerprint density at radius 2 is 1.62 bits per heavy atom. The lowest BCUT2D eigenvalue weighted by Crippen LogP contribution is -2.58. The lowest BCUT2D eigenvalue weighted by atomic mass is 9.70. The number of morpholine rings is 1. The zero-order chi connectivity index (χ0) is 12.2. The number of unbranched alkanes of at least 4 members (excludes halogenated alkanes) is 1. The van der Waals surface area contributed by atoms with Crippen LogP contribution in [0.5, 0.6) is 0 Å². The third-order valence-corrected chi connectivity index (χ3v) is 4.34. The van der Waals surface area contributed by atoms with Crippen LogP contribution in [0, 0.1) is 5.41 Å². The first kappa shape index (κ1) is 14.0. The minimum atomic E-state index is 0.312. The van der Waals surface area contributed by atoms with Crippen LogP contribution < -0.4 is 0 Å². The third kappa shape index (κ3) is 2.98. The molecular formula is C14H29NO. The van der Waals surface area contributed by atoms with Gasteiger partial charge in [-0.15, -0.1) is 0 Å². The molecule has 1 rings (SSSR count). The van der Waals surface area contributed by atoms with Crippen LogP contribution in [0.25, 0.3) is 0 Å². The maximum atomic E-state index is 5.47. The highest BCUT2D eigenvalue weighted by atomic mass is 16.5. The van der Waals surface area contributed by atoms with Crippen LogP contribution in [-0.2, 0) is 4.74 Å². The van der Waals surface area contributed by atoms with Crippen molar-refractivity contribution in [2.24, 2.45) is 5.41 Å². The summed E-state index contributed by atoms with van der Waals surface area (Å²) < 4.78 is 5.47. The molecule has 1 aliphatic rings. The molecule has 0 aromatic heterocycles. The highest BCUT2D eigenvalue weighted by Crippen LogP contribution is 2.39. The second kappa shape index (κ2) is 5.50. The molecule has 1 unspecified atom stereocenters. The summed E-state index contributed by atoms with van der Waals surface area (Å²) in [5.74, 6) is 0. The predicted molar refractivity (Wildman–Crippen MR) is 69.8 cm³/mol. The summed E-state index contributed by atoms with van der Waals surface area (Å²) in [7, 11) is 0. The minimum Gasteiger partial charge on any atom is -0.379 e. The zero-order valence-corrected chi connectivity index (χ0v) is 11.8. The smallest absolute Gasteiger partial charge is 0.0594 e. The first-order chi connectivity index (χ1) is 7.42. The molecule has 0 radical (unpaired) electrons. The summed E-state index contributed by atoms with van der Waals surface area (Å²) >= 11 is 0. The largest absolute Gasteiger partial charge is 0.379 e. The average molecular weight is 227 g/mol. The summed E-state index contributed by atoms with van der Waals surface area (Å²) in [5, 5.41) is 0. The standard InChI is InChI=1S/C14H29NO/c1-6-7-8-14(5,13(2,3)4)15-9-11-16-12-10-15/h6-12H2,1-5H3. The highest BCUT2D eigenvalue weighted by Gasteiger charge is 2.42. The summed E-state index contributed by atoms with van der Waals surface area (Å²) in [4.78, 5) is 2.64. The van der Waals surface area contributed by atoms with Gasteiger partial charge in [0.25, 0.3) is 0 Å². The van der Waals surface area contributed by atoms with Crippen LogP contribution in [0.2, 0.25) is 0 Å². The normalized spacial score (nSPS) is 23.1. The summed E-state index contributed by atoms with van der Waals surface area (Å²) in [6.45, 7) is 15.8. The first-order valence-corrected chi connectivity index (χ1v) is 6.74. The predicted octanol–water partition coefficient (Wildman–Crippen LogP) is 3.31. The molecule has 0 aliphatic carbocycles. The monoisotopic (exact) mass is 227 g/mol. The van der Waals surface area contributed by atoms with Crippen molar-refractivity contribution in [3.05, 3.63) is 0 Å². The second-order valence-electron chi connectivity index (χ2n) is 6.23. The van der Waals surface area contributed by atoms with E-state index in [4.69, 9.17) is 4.74 Å². The molecule has 1 saturated heterocycles. The summed E-state index contributed by atoms with van der Waals surface area (Å²) in [6, 6.07) is 0. The van der Waals surface area contributed by atoms with E-state index in [9.17, 15) is 0 Å². The van der Waals surface area contributed by atoms with E-state index in [1.54, 1.807) is 0 Å². The third-order valence-electron chi connectivity index (χ3n) is 4.34. The van der Waals surface area contributed by atoms with Crippen LogP contribution >= 0.6 is 0 Å². The van der Waals surface area contributed by atoms with Gasteiger partial charge in [0.05, 0.1) is 13.2 Å². The van der Waals surface area contributed by atoms with E-state index in [0.717, 1.165) is 26.3 Å². The molecule has 0 amide bonds. The van der Waals surface area contributed by atoms with Crippen molar-refractivity contribution in [1.29, 1.82) is 0 Å². The maximum Gasteiger partial charge on any atom is 0.0594 e. The van der Waals surface area contributed by atoms with E-state index in [1.165, 1.54) is 19.3 Å². The fraction of sp³-hybridized carbons (Fsp3) is 1.00. The Labute approximate surface area is 101 Å². The van der Waals surface area contributed by atoms with Crippen molar-refractivity contribution in [2.45, 2.75) is 59.4 Å². The molecule has 1 aliphatic heterocycles. The lowest BCUT2D eigenvalue weighted by Gasteiger charge is -2.51. The molecule has 1 atom stereocenters. The Hall–Kier alpha value is -0.0800. The van der Waals surface area contributed by atoms with Gasteiger partial charge in [0, 0.05) is 18.6 Å². The number of hydrogen-bond acceptors (Lipinski definition) is 2. The van der Waals surface area contributed by atoms with Gasteiger partial charge in [-0.05, 0) is 18.8 Å². The van der Waals surface area contributed by atoms with Gasteiger partial charge >= 0.3 is 0 Å². The van der Waals surface area contributed by atoms with Gasteiger partial charge in [-0.1, -0.05) is 40.5 Å². The number of hydrogen-bond donors (Lipinski definition) is 0. The fourth-order valence-electron chi connectivity index (χ4n) is 2.59. The van der Waals surface area contributed by atoms with Crippen LogP contribution in [-0.4, -0.2) is 36.7 Å². The molecule has 1 heterocycles. The zero-order valence-electron chi connectivity index (χ0n) is 11.8. The van der Waals surface area contributed by atoms with E-state index in [2.05, 4.69) is 39.5 Å². The molecule has 2 nitrogen and oxygen atoms in total. The van der Waals surface area contributed by atoms with Gasteiger partial charge in [0.15, 0.2) is 0 Å². The molecule has 2 heteroatoms. The second-order valence-corrected chi connectivity index (χ2v) is 6.23. The van der Waals surface area contributed by atoms with Crippen molar-refractivity contribution in [1.82, 2.24) is 4.90 Å². The van der Waals surface area contributed by atoms with Crippen LogP contribution in [0.1, 0.15) is 53.9 Å². The van der Waals surface area contributed by atoms with Crippen molar-refractivity contribution in [2.75, 3.05) is 26.3 Å². The van der Waals surface area contributed by atoms with Gasteiger partial charge < -0.3 is 4.74 Å². The molecule has 0 saturated carbocycles. The van der Waals surface area contributed by atoms with Crippen molar-refractivity contribution in [3.8, 4) is 0 Å². The minimum absolute atomic E-state index is 0.312. The maximum absolute atomic E-state index is 5.47. The Bertz CT molecular complexity index is 203. The molecule has 0 aromatic carbocycles. The Morgan fingerprint density at radius 3 is 2.06 bits per heavy atom. The van der Waals surface area contributed by atoms with Gasteiger partial charge in [-0.3, -0.25) is 4.90 Å². The average Bonchev–Trinajstić information content (AvgIpc) is 2.25. The summed E-state index contributed by atoms with van der Waals surface area (Å²) in [6.07, 6.45) is 3.91. The molecule has 0 spiro atoms. The van der Waals surface area contributed by atoms with Crippen LogP contribution in [0.3, 0.4) is 0 Å². The fourth-order valence-corrected chi connectivity index (χ4v) is 2.59. The molecule has 1 fully saturated rings. The summed E-state index contributed by atoms with van der Waals surface area (Å²) in [5.41, 5.74) is 0.645. The SMILES string of the molecule is CCCCC(C)(N1CCOCC1)C(C)(C)C. The van der Waals surface area contributed by atoms with Crippen molar-refractivity contribution < 1.29 is 4.74 Å². The van der Waals surface area contributed by atoms with E-state index in [-0.39, 0.29) is 0 Å². The molecule has 96 valence electrons. The molecule has 0 bridgehead atoms. The lowest BCUT2D eigenvalue weighted by molar-refractivity contribution is -0.0644. The number of ether oxygens (including phenoxy) is 1. The van der Waals surface area contributed by atoms with Gasteiger partial charge in [-0.2, -0.15) is 0 Å². The van der Waals surface area contributed by atoms with Crippen molar-refractivity contribution >= 4 is 0 Å². The van der Waals surface area contributed by atoms with Gasteiger partial charge in [0.2, 0.25) is 0 Å². The quantitative estimate of drug-likeness (QED) is 0.730. The van der Waals surface area contributed by atoms with E-state index in [0.29, 0.717) is 11.0 Å². The number of nitrogens with zero attached hydrogens (tertiary/aromatic N) is 1. The van der Waals surface area contributed by atoms with Crippen molar-refractivity contribution in [3.63, 3.8) is 0 Å². The van der Waals surface area contributed by atoms with E-state index >= 15 is 0 Å². The van der Waals surface area contributed by atoms with Gasteiger partial charge in [-0.25, -0.2) is 0 Å². The molecular weight excluding hydrogens is 198 g/mol. The van der Waals surface area contributed by atoms with Crippen LogP contribution in [0.4, 0.5) is 0 Å². The number of rotatable bonds is 4. The topological polar surface area (TPSA) is 12.5 Å². The Balaban J connectivity index is 2.76. The van der Waals surface area contributed by atoms with E-state index in [1.807, 2.05) is 0 Å². The first-order valence-electron chi connectivity index (χ1n) is 6.74. The molecule has 16 heavy (non-hydrogen) atoms. The van der Waals surface area contributed by atoms with Crippen LogP contribution in [0.15, 0.2) is 0 Å². The molecule has 0 N–H and O–H groups in total. The Morgan fingerprint density at radius 1 is 1.06 bits per heavy atom. The highest BCUT2D eigenvalue weighted by molar-refractivity contribution is 4.96. The molecule has 0 aromatic rings.